The molecule has 146 valence electrons. The summed E-state index contributed by atoms with van der Waals surface area (Å²) >= 11 is 0. The first-order valence-corrected chi connectivity index (χ1v) is 9.31. The Hall–Kier alpha value is -3.80. The monoisotopic (exact) mass is 388 g/mol. The Morgan fingerprint density at radius 3 is 2.38 bits per heavy atom. The van der Waals surface area contributed by atoms with Crippen LogP contribution in [0.15, 0.2) is 78.9 Å². The van der Waals surface area contributed by atoms with Gasteiger partial charge in [0.05, 0.1) is 11.3 Å². The van der Waals surface area contributed by atoms with E-state index in [0.29, 0.717) is 29.3 Å². The van der Waals surface area contributed by atoms with Crippen molar-refractivity contribution in [2.24, 2.45) is 0 Å². The molecule has 6 heteroatoms. The summed E-state index contributed by atoms with van der Waals surface area (Å²) in [6.07, 6.45) is -0.801. The first-order valence-electron chi connectivity index (χ1n) is 9.31. The van der Waals surface area contributed by atoms with Gasteiger partial charge in [-0.25, -0.2) is 0 Å². The molecule has 2 amide bonds. The number of carbonyl (C=O) groups is 2. The van der Waals surface area contributed by atoms with Crippen molar-refractivity contribution in [3.05, 3.63) is 90.0 Å². The SMILES string of the molecule is O=C(NCc1ccccc1)c1ccccc1NC(=O)[C@@H]1COc2ccccc2O1. The van der Waals surface area contributed by atoms with Gasteiger partial charge in [-0.3, -0.25) is 9.59 Å². The van der Waals surface area contributed by atoms with Gasteiger partial charge in [0.1, 0.15) is 6.61 Å². The second-order valence-electron chi connectivity index (χ2n) is 6.57. The summed E-state index contributed by atoms with van der Waals surface area (Å²) in [7, 11) is 0. The van der Waals surface area contributed by atoms with Gasteiger partial charge in [0.25, 0.3) is 11.8 Å². The summed E-state index contributed by atoms with van der Waals surface area (Å²) in [5.41, 5.74) is 1.80. The zero-order valence-electron chi connectivity index (χ0n) is 15.6. The molecule has 29 heavy (non-hydrogen) atoms. The number of anilines is 1. The third kappa shape index (κ3) is 4.38. The Morgan fingerprint density at radius 2 is 1.55 bits per heavy atom. The Labute approximate surface area is 168 Å². The summed E-state index contributed by atoms with van der Waals surface area (Å²) in [6, 6.07) is 23.7. The third-order valence-electron chi connectivity index (χ3n) is 4.53. The van der Waals surface area contributed by atoms with Crippen LogP contribution in [-0.4, -0.2) is 24.5 Å². The molecular formula is C23H20N2O4. The second kappa shape index (κ2) is 8.48. The van der Waals surface area contributed by atoms with E-state index in [1.54, 1.807) is 36.4 Å². The molecule has 0 aliphatic carbocycles. The van der Waals surface area contributed by atoms with Gasteiger partial charge in [-0.05, 0) is 29.8 Å². The lowest BCUT2D eigenvalue weighted by Crippen LogP contribution is -2.40. The minimum Gasteiger partial charge on any atom is -0.485 e. The zero-order chi connectivity index (χ0) is 20.1. The van der Waals surface area contributed by atoms with Crippen LogP contribution in [0.25, 0.3) is 0 Å². The molecule has 0 radical (unpaired) electrons. The van der Waals surface area contributed by atoms with Crippen LogP contribution in [0.5, 0.6) is 11.5 Å². The molecule has 2 N–H and O–H groups in total. The standard InChI is InChI=1S/C23H20N2O4/c26-22(24-14-16-8-2-1-3-9-16)17-10-4-5-11-18(17)25-23(27)21-15-28-19-12-6-7-13-20(19)29-21/h1-13,21H,14-15H2,(H,24,26)(H,25,27)/t21-/m0/s1. The Morgan fingerprint density at radius 1 is 0.862 bits per heavy atom. The molecule has 1 atom stereocenters. The van der Waals surface area contributed by atoms with Crippen molar-refractivity contribution in [2.75, 3.05) is 11.9 Å². The van der Waals surface area contributed by atoms with E-state index in [1.165, 1.54) is 0 Å². The number of rotatable bonds is 5. The second-order valence-corrected chi connectivity index (χ2v) is 6.57. The van der Waals surface area contributed by atoms with Crippen molar-refractivity contribution in [1.82, 2.24) is 5.32 Å². The quantitative estimate of drug-likeness (QED) is 0.702. The summed E-state index contributed by atoms with van der Waals surface area (Å²) < 4.78 is 11.3. The van der Waals surface area contributed by atoms with E-state index in [2.05, 4.69) is 10.6 Å². The Kier molecular flexibility index (Phi) is 5.42. The van der Waals surface area contributed by atoms with Crippen molar-refractivity contribution in [3.8, 4) is 11.5 Å². The number of hydrogen-bond donors (Lipinski definition) is 2. The summed E-state index contributed by atoms with van der Waals surface area (Å²) in [6.45, 7) is 0.504. The van der Waals surface area contributed by atoms with Crippen LogP contribution in [0.3, 0.4) is 0 Å². The molecule has 0 unspecified atom stereocenters. The maximum atomic E-state index is 12.7. The van der Waals surface area contributed by atoms with E-state index in [9.17, 15) is 9.59 Å². The van der Waals surface area contributed by atoms with Crippen LogP contribution in [0.4, 0.5) is 5.69 Å². The van der Waals surface area contributed by atoms with E-state index < -0.39 is 6.10 Å². The van der Waals surface area contributed by atoms with Crippen molar-refractivity contribution < 1.29 is 19.1 Å². The van der Waals surface area contributed by atoms with Crippen LogP contribution in [0.2, 0.25) is 0 Å². The van der Waals surface area contributed by atoms with E-state index in [1.807, 2.05) is 42.5 Å². The fourth-order valence-electron chi connectivity index (χ4n) is 3.03. The molecule has 0 fully saturated rings. The summed E-state index contributed by atoms with van der Waals surface area (Å²) in [5.74, 6) is 0.490. The molecule has 1 aliphatic rings. The average molecular weight is 388 g/mol. The average Bonchev–Trinajstić information content (AvgIpc) is 2.78. The molecule has 0 saturated heterocycles. The maximum absolute atomic E-state index is 12.7. The molecular weight excluding hydrogens is 368 g/mol. The lowest BCUT2D eigenvalue weighted by atomic mass is 10.1. The van der Waals surface area contributed by atoms with Crippen LogP contribution in [0.1, 0.15) is 15.9 Å². The van der Waals surface area contributed by atoms with Crippen LogP contribution >= 0.6 is 0 Å². The Balaban J connectivity index is 1.43. The van der Waals surface area contributed by atoms with Gasteiger partial charge < -0.3 is 20.1 Å². The largest absolute Gasteiger partial charge is 0.485 e. The molecule has 3 aromatic carbocycles. The highest BCUT2D eigenvalue weighted by atomic mass is 16.6. The zero-order valence-corrected chi connectivity index (χ0v) is 15.6. The first-order chi connectivity index (χ1) is 14.2. The molecule has 3 aromatic rings. The predicted octanol–water partition coefficient (Wildman–Crippen LogP) is 3.40. The molecule has 1 aliphatic heterocycles. The molecule has 6 nitrogen and oxygen atoms in total. The maximum Gasteiger partial charge on any atom is 0.269 e. The van der Waals surface area contributed by atoms with Crippen LogP contribution in [0, 0.1) is 0 Å². The Bertz CT molecular complexity index is 1020. The fraction of sp³-hybridized carbons (Fsp3) is 0.130. The minimum absolute atomic E-state index is 0.102. The van der Waals surface area contributed by atoms with Gasteiger partial charge in [0.15, 0.2) is 11.5 Å². The molecule has 0 bridgehead atoms. The highest BCUT2D eigenvalue weighted by molar-refractivity contribution is 6.04. The van der Waals surface area contributed by atoms with Crippen molar-refractivity contribution in [1.29, 1.82) is 0 Å². The van der Waals surface area contributed by atoms with Gasteiger partial charge in [-0.15, -0.1) is 0 Å². The number of fused-ring (bicyclic) bond motifs is 1. The highest BCUT2D eigenvalue weighted by Crippen LogP contribution is 2.31. The van der Waals surface area contributed by atoms with E-state index in [4.69, 9.17) is 9.47 Å². The molecule has 0 aromatic heterocycles. The van der Waals surface area contributed by atoms with E-state index in [-0.39, 0.29) is 18.4 Å². The van der Waals surface area contributed by atoms with Gasteiger partial charge in [-0.1, -0.05) is 54.6 Å². The minimum atomic E-state index is -0.801. The number of para-hydroxylation sites is 3. The predicted molar refractivity (Wildman–Crippen MR) is 109 cm³/mol. The van der Waals surface area contributed by atoms with Crippen LogP contribution in [-0.2, 0) is 11.3 Å². The van der Waals surface area contributed by atoms with Crippen LogP contribution < -0.4 is 20.1 Å². The van der Waals surface area contributed by atoms with Crippen molar-refractivity contribution in [3.63, 3.8) is 0 Å². The molecule has 1 heterocycles. The molecule has 4 rings (SSSR count). The summed E-state index contributed by atoms with van der Waals surface area (Å²) in [4.78, 5) is 25.3. The lowest BCUT2D eigenvalue weighted by molar-refractivity contribution is -0.125. The van der Waals surface area contributed by atoms with Gasteiger partial charge in [0, 0.05) is 6.54 Å². The normalized spacial score (nSPS) is 14.7. The third-order valence-corrected chi connectivity index (χ3v) is 4.53. The van der Waals surface area contributed by atoms with Gasteiger partial charge in [0.2, 0.25) is 6.10 Å². The highest BCUT2D eigenvalue weighted by Gasteiger charge is 2.28. The topological polar surface area (TPSA) is 76.7 Å². The number of nitrogens with one attached hydrogen (secondary N) is 2. The number of hydrogen-bond acceptors (Lipinski definition) is 4. The number of amides is 2. The van der Waals surface area contributed by atoms with E-state index in [0.717, 1.165) is 5.56 Å². The lowest BCUT2D eigenvalue weighted by Gasteiger charge is -2.25. The summed E-state index contributed by atoms with van der Waals surface area (Å²) in [5, 5.41) is 5.66. The van der Waals surface area contributed by atoms with E-state index >= 15 is 0 Å². The fourth-order valence-corrected chi connectivity index (χ4v) is 3.03. The van der Waals surface area contributed by atoms with Crippen molar-refractivity contribution in [2.45, 2.75) is 12.6 Å². The number of benzene rings is 3. The number of carbonyl (C=O) groups excluding carboxylic acids is 2. The van der Waals surface area contributed by atoms with Gasteiger partial charge in [-0.2, -0.15) is 0 Å². The smallest absolute Gasteiger partial charge is 0.269 e. The molecule has 0 saturated carbocycles. The molecule has 0 spiro atoms. The van der Waals surface area contributed by atoms with Gasteiger partial charge >= 0.3 is 0 Å². The first kappa shape index (κ1) is 18.6. The van der Waals surface area contributed by atoms with Crippen molar-refractivity contribution >= 4 is 17.5 Å². The number of ether oxygens (including phenoxy) is 2.